The number of hydrogen-bond acceptors (Lipinski definition) is 3. The third-order valence-electron chi connectivity index (χ3n) is 2.96. The summed E-state index contributed by atoms with van der Waals surface area (Å²) in [6.07, 6.45) is 0.741. The van der Waals surface area contributed by atoms with Crippen LogP contribution in [0.4, 0.5) is 0 Å². The molecule has 4 heteroatoms. The standard InChI is InChI=1S/C14H18N2O2/c1-10-11(7-8-18-14(17)9-15-2)12-5-3-4-6-13(12)16-10/h3-6,15-16H,7-9H2,1-2H3. The zero-order chi connectivity index (χ0) is 13.0. The Labute approximate surface area is 106 Å². The van der Waals surface area contributed by atoms with E-state index in [2.05, 4.69) is 22.4 Å². The minimum absolute atomic E-state index is 0.213. The quantitative estimate of drug-likeness (QED) is 0.791. The zero-order valence-corrected chi connectivity index (χ0v) is 10.7. The number of fused-ring (bicyclic) bond motifs is 1. The number of H-pyrrole nitrogens is 1. The van der Waals surface area contributed by atoms with Crippen LogP contribution >= 0.6 is 0 Å². The van der Waals surface area contributed by atoms with E-state index in [-0.39, 0.29) is 12.5 Å². The first-order valence-electron chi connectivity index (χ1n) is 6.08. The van der Waals surface area contributed by atoms with Crippen LogP contribution in [0, 0.1) is 6.92 Å². The van der Waals surface area contributed by atoms with Gasteiger partial charge in [0.05, 0.1) is 13.2 Å². The monoisotopic (exact) mass is 246 g/mol. The van der Waals surface area contributed by atoms with Gasteiger partial charge in [0.2, 0.25) is 0 Å². The molecule has 0 amide bonds. The van der Waals surface area contributed by atoms with E-state index < -0.39 is 0 Å². The van der Waals surface area contributed by atoms with Crippen LogP contribution in [0.1, 0.15) is 11.3 Å². The topological polar surface area (TPSA) is 54.1 Å². The van der Waals surface area contributed by atoms with Gasteiger partial charge in [-0.25, -0.2) is 0 Å². The van der Waals surface area contributed by atoms with E-state index in [4.69, 9.17) is 4.74 Å². The predicted octanol–water partition coefficient (Wildman–Crippen LogP) is 1.78. The molecule has 2 rings (SSSR count). The maximum Gasteiger partial charge on any atom is 0.319 e. The second-order valence-electron chi connectivity index (χ2n) is 4.27. The third kappa shape index (κ3) is 2.71. The van der Waals surface area contributed by atoms with Crippen molar-refractivity contribution in [3.8, 4) is 0 Å². The van der Waals surface area contributed by atoms with Crippen LogP contribution in [0.3, 0.4) is 0 Å². The lowest BCUT2D eigenvalue weighted by Crippen LogP contribution is -2.21. The van der Waals surface area contributed by atoms with Crippen molar-refractivity contribution >= 4 is 16.9 Å². The molecule has 1 aromatic heterocycles. The highest BCUT2D eigenvalue weighted by Gasteiger charge is 2.08. The van der Waals surface area contributed by atoms with Crippen LogP contribution in [-0.2, 0) is 16.0 Å². The maximum absolute atomic E-state index is 11.2. The Morgan fingerprint density at radius 2 is 2.17 bits per heavy atom. The molecular formula is C14H18N2O2. The van der Waals surface area contributed by atoms with E-state index in [0.717, 1.165) is 17.6 Å². The Kier molecular flexibility index (Phi) is 3.99. The molecule has 0 atom stereocenters. The van der Waals surface area contributed by atoms with Gasteiger partial charge in [-0.3, -0.25) is 4.79 Å². The van der Waals surface area contributed by atoms with Crippen molar-refractivity contribution in [2.24, 2.45) is 0 Å². The average Bonchev–Trinajstić information content (AvgIpc) is 2.66. The van der Waals surface area contributed by atoms with Gasteiger partial charge in [-0.15, -0.1) is 0 Å². The number of aryl methyl sites for hydroxylation is 1. The lowest BCUT2D eigenvalue weighted by Gasteiger charge is -2.04. The molecule has 0 aliphatic rings. The summed E-state index contributed by atoms with van der Waals surface area (Å²) in [5, 5.41) is 3.98. The Balaban J connectivity index is 2.03. The fourth-order valence-electron chi connectivity index (χ4n) is 2.12. The van der Waals surface area contributed by atoms with E-state index in [9.17, 15) is 4.79 Å². The van der Waals surface area contributed by atoms with Crippen LogP contribution in [0.25, 0.3) is 10.9 Å². The molecule has 0 bridgehead atoms. The number of rotatable bonds is 5. The normalized spacial score (nSPS) is 10.8. The number of esters is 1. The van der Waals surface area contributed by atoms with Gasteiger partial charge in [-0.1, -0.05) is 18.2 Å². The van der Waals surface area contributed by atoms with Crippen LogP contribution in [-0.4, -0.2) is 31.2 Å². The number of nitrogens with one attached hydrogen (secondary N) is 2. The number of aromatic nitrogens is 1. The molecule has 0 aliphatic heterocycles. The number of carbonyl (C=O) groups excluding carboxylic acids is 1. The minimum Gasteiger partial charge on any atom is -0.464 e. The first-order chi connectivity index (χ1) is 8.72. The van der Waals surface area contributed by atoms with Gasteiger partial charge in [-0.2, -0.15) is 0 Å². The van der Waals surface area contributed by atoms with Crippen molar-refractivity contribution < 1.29 is 9.53 Å². The second-order valence-corrected chi connectivity index (χ2v) is 4.27. The van der Waals surface area contributed by atoms with E-state index >= 15 is 0 Å². The van der Waals surface area contributed by atoms with Crippen LogP contribution in [0.15, 0.2) is 24.3 Å². The summed E-state index contributed by atoms with van der Waals surface area (Å²) >= 11 is 0. The van der Waals surface area contributed by atoms with Gasteiger partial charge in [0.25, 0.3) is 0 Å². The molecule has 0 radical (unpaired) electrons. The molecule has 1 heterocycles. The molecule has 0 unspecified atom stereocenters. The van der Waals surface area contributed by atoms with Crippen molar-refractivity contribution in [3.63, 3.8) is 0 Å². The molecule has 2 aromatic rings. The molecule has 0 fully saturated rings. The van der Waals surface area contributed by atoms with Crippen molar-refractivity contribution in [3.05, 3.63) is 35.5 Å². The number of ether oxygens (including phenoxy) is 1. The van der Waals surface area contributed by atoms with Crippen LogP contribution in [0.2, 0.25) is 0 Å². The summed E-state index contributed by atoms with van der Waals surface area (Å²) in [5.74, 6) is -0.213. The summed E-state index contributed by atoms with van der Waals surface area (Å²) in [7, 11) is 1.73. The van der Waals surface area contributed by atoms with Crippen molar-refractivity contribution in [2.45, 2.75) is 13.3 Å². The number of para-hydroxylation sites is 1. The molecule has 2 N–H and O–H groups in total. The number of aromatic amines is 1. The molecular weight excluding hydrogens is 228 g/mol. The fraction of sp³-hybridized carbons (Fsp3) is 0.357. The molecule has 0 aliphatic carbocycles. The van der Waals surface area contributed by atoms with Gasteiger partial charge in [0.15, 0.2) is 0 Å². The van der Waals surface area contributed by atoms with E-state index in [0.29, 0.717) is 6.61 Å². The third-order valence-corrected chi connectivity index (χ3v) is 2.96. The Morgan fingerprint density at radius 3 is 2.94 bits per heavy atom. The van der Waals surface area contributed by atoms with Crippen molar-refractivity contribution in [1.29, 1.82) is 0 Å². The van der Waals surface area contributed by atoms with Crippen molar-refractivity contribution in [1.82, 2.24) is 10.3 Å². The lowest BCUT2D eigenvalue weighted by molar-refractivity contribution is -0.142. The Hall–Kier alpha value is -1.81. The largest absolute Gasteiger partial charge is 0.464 e. The molecule has 0 saturated heterocycles. The van der Waals surface area contributed by atoms with Crippen LogP contribution in [0.5, 0.6) is 0 Å². The summed E-state index contributed by atoms with van der Waals surface area (Å²) in [5.41, 5.74) is 3.50. The number of benzene rings is 1. The maximum atomic E-state index is 11.2. The SMILES string of the molecule is CNCC(=O)OCCc1c(C)[nH]c2ccccc12. The van der Waals surface area contributed by atoms with Gasteiger partial charge in [-0.05, 0) is 25.6 Å². The smallest absolute Gasteiger partial charge is 0.319 e. The Bertz CT molecular complexity index is 546. The minimum atomic E-state index is -0.213. The highest BCUT2D eigenvalue weighted by Crippen LogP contribution is 2.22. The molecule has 0 saturated carbocycles. The average molecular weight is 246 g/mol. The highest BCUT2D eigenvalue weighted by atomic mass is 16.5. The molecule has 1 aromatic carbocycles. The number of carbonyl (C=O) groups is 1. The van der Waals surface area contributed by atoms with Crippen LogP contribution < -0.4 is 5.32 Å². The number of likely N-dealkylation sites (N-methyl/N-ethyl adjacent to an activating group) is 1. The van der Waals surface area contributed by atoms with E-state index in [1.807, 2.05) is 19.1 Å². The molecule has 18 heavy (non-hydrogen) atoms. The predicted molar refractivity (Wildman–Crippen MR) is 71.6 cm³/mol. The zero-order valence-electron chi connectivity index (χ0n) is 10.7. The van der Waals surface area contributed by atoms with E-state index in [1.165, 1.54) is 10.9 Å². The molecule has 0 spiro atoms. The van der Waals surface area contributed by atoms with Gasteiger partial charge in [0.1, 0.15) is 0 Å². The van der Waals surface area contributed by atoms with E-state index in [1.54, 1.807) is 7.05 Å². The summed E-state index contributed by atoms with van der Waals surface area (Å²) < 4.78 is 5.14. The summed E-state index contributed by atoms with van der Waals surface area (Å²) in [4.78, 5) is 14.6. The van der Waals surface area contributed by atoms with Gasteiger partial charge < -0.3 is 15.0 Å². The summed E-state index contributed by atoms with van der Waals surface area (Å²) in [6, 6.07) is 8.17. The first-order valence-corrected chi connectivity index (χ1v) is 6.08. The molecule has 96 valence electrons. The molecule has 4 nitrogen and oxygen atoms in total. The van der Waals surface area contributed by atoms with Gasteiger partial charge >= 0.3 is 5.97 Å². The summed E-state index contributed by atoms with van der Waals surface area (Å²) in [6.45, 7) is 2.72. The number of hydrogen-bond donors (Lipinski definition) is 2. The second kappa shape index (κ2) is 5.69. The van der Waals surface area contributed by atoms with Crippen molar-refractivity contribution in [2.75, 3.05) is 20.2 Å². The lowest BCUT2D eigenvalue weighted by atomic mass is 10.1. The highest BCUT2D eigenvalue weighted by molar-refractivity contribution is 5.84. The fourth-order valence-corrected chi connectivity index (χ4v) is 2.12. The Morgan fingerprint density at radius 1 is 1.39 bits per heavy atom. The van der Waals surface area contributed by atoms with Gasteiger partial charge in [0, 0.05) is 23.0 Å². The first kappa shape index (κ1) is 12.6.